The first-order valence-corrected chi connectivity index (χ1v) is 5.95. The molecule has 0 aromatic heterocycles. The van der Waals surface area contributed by atoms with Crippen LogP contribution in [0.3, 0.4) is 0 Å². The van der Waals surface area contributed by atoms with Crippen LogP contribution in [0.25, 0.3) is 0 Å². The molecule has 2 N–H and O–H groups in total. The van der Waals surface area contributed by atoms with Gasteiger partial charge in [-0.25, -0.2) is 4.99 Å². The molecule has 90 valence electrons. The smallest absolute Gasteiger partial charge is 0.220 e. The van der Waals surface area contributed by atoms with Gasteiger partial charge in [0.05, 0.1) is 17.7 Å². The molecule has 1 saturated carbocycles. The number of aliphatic imine (C=N–C) groups is 1. The lowest BCUT2D eigenvalue weighted by Gasteiger charge is -2.25. The fraction of sp³-hybridized carbons (Fsp3) is 0.462. The van der Waals surface area contributed by atoms with Gasteiger partial charge in [0.1, 0.15) is 11.9 Å². The van der Waals surface area contributed by atoms with Gasteiger partial charge in [-0.3, -0.25) is 0 Å². The lowest BCUT2D eigenvalue weighted by Crippen LogP contribution is -2.33. The van der Waals surface area contributed by atoms with Crippen molar-refractivity contribution in [2.24, 2.45) is 4.99 Å². The van der Waals surface area contributed by atoms with E-state index in [-0.39, 0.29) is 24.0 Å². The molecule has 0 saturated heterocycles. The van der Waals surface area contributed by atoms with Crippen LogP contribution in [0.15, 0.2) is 29.3 Å². The van der Waals surface area contributed by atoms with Crippen molar-refractivity contribution in [3.8, 4) is 5.75 Å². The van der Waals surface area contributed by atoms with Crippen LogP contribution < -0.4 is 0 Å². The molecule has 17 heavy (non-hydrogen) atoms. The highest BCUT2D eigenvalue weighted by molar-refractivity contribution is 5.97. The number of para-hydroxylation sites is 1. The minimum absolute atomic E-state index is 0.0355. The molecule has 3 unspecified atom stereocenters. The highest BCUT2D eigenvalue weighted by Crippen LogP contribution is 2.32. The van der Waals surface area contributed by atoms with E-state index < -0.39 is 0 Å². The predicted octanol–water partition coefficient (Wildman–Crippen LogP) is 1.45. The number of hydrogen-bond acceptors (Lipinski definition) is 4. The summed E-state index contributed by atoms with van der Waals surface area (Å²) in [5.41, 5.74) is 0.636. The summed E-state index contributed by atoms with van der Waals surface area (Å²) in [6.07, 6.45) is 2.04. The molecule has 3 atom stereocenters. The van der Waals surface area contributed by atoms with Crippen LogP contribution >= 0.6 is 0 Å². The largest absolute Gasteiger partial charge is 0.507 e. The number of rotatable bonds is 1. The van der Waals surface area contributed by atoms with Crippen molar-refractivity contribution < 1.29 is 14.9 Å². The molecule has 0 radical (unpaired) electrons. The minimum atomic E-state index is -0.271. The SMILES string of the molecule is Oc1ccccc1C1=NC2CC(O)CCC2O1. The number of phenols is 1. The Bertz CT molecular complexity index is 458. The third-order valence-electron chi connectivity index (χ3n) is 3.41. The standard InChI is InChI=1S/C13H15NO3/c15-8-5-6-12-10(7-8)14-13(17-12)9-3-1-2-4-11(9)16/h1-4,8,10,12,15-16H,5-7H2. The summed E-state index contributed by atoms with van der Waals surface area (Å²) < 4.78 is 5.76. The van der Waals surface area contributed by atoms with Crippen molar-refractivity contribution in [2.45, 2.75) is 37.5 Å². The maximum atomic E-state index is 9.75. The van der Waals surface area contributed by atoms with E-state index in [4.69, 9.17) is 4.74 Å². The van der Waals surface area contributed by atoms with Gasteiger partial charge in [-0.1, -0.05) is 12.1 Å². The molecular weight excluding hydrogens is 218 g/mol. The Labute approximate surface area is 99.6 Å². The first-order valence-electron chi connectivity index (χ1n) is 5.95. The van der Waals surface area contributed by atoms with E-state index >= 15 is 0 Å². The average molecular weight is 233 g/mol. The van der Waals surface area contributed by atoms with E-state index in [2.05, 4.69) is 4.99 Å². The second-order valence-electron chi connectivity index (χ2n) is 4.64. The first-order chi connectivity index (χ1) is 8.24. The Kier molecular flexibility index (Phi) is 2.52. The summed E-state index contributed by atoms with van der Waals surface area (Å²) in [5.74, 6) is 0.692. The van der Waals surface area contributed by atoms with Gasteiger partial charge in [0.25, 0.3) is 0 Å². The second-order valence-corrected chi connectivity index (χ2v) is 4.64. The van der Waals surface area contributed by atoms with Gasteiger partial charge in [-0.05, 0) is 31.4 Å². The Hall–Kier alpha value is -1.55. The topological polar surface area (TPSA) is 62.1 Å². The molecule has 2 aliphatic rings. The third-order valence-corrected chi connectivity index (χ3v) is 3.41. The molecule has 1 fully saturated rings. The van der Waals surface area contributed by atoms with E-state index in [9.17, 15) is 10.2 Å². The normalized spacial score (nSPS) is 31.6. The number of nitrogens with zero attached hydrogens (tertiary/aromatic N) is 1. The van der Waals surface area contributed by atoms with E-state index in [0.717, 1.165) is 12.8 Å². The number of hydrogen-bond donors (Lipinski definition) is 2. The highest BCUT2D eigenvalue weighted by atomic mass is 16.5. The monoisotopic (exact) mass is 233 g/mol. The Morgan fingerprint density at radius 2 is 2.06 bits per heavy atom. The van der Waals surface area contributed by atoms with Gasteiger partial charge in [0.15, 0.2) is 0 Å². The average Bonchev–Trinajstić information content (AvgIpc) is 2.72. The summed E-state index contributed by atoms with van der Waals surface area (Å²) in [7, 11) is 0. The number of benzene rings is 1. The van der Waals surface area contributed by atoms with Gasteiger partial charge in [-0.2, -0.15) is 0 Å². The molecular formula is C13H15NO3. The fourth-order valence-electron chi connectivity index (χ4n) is 2.48. The number of phenolic OH excluding ortho intramolecular Hbond substituents is 1. The quantitative estimate of drug-likeness (QED) is 0.771. The lowest BCUT2D eigenvalue weighted by atomic mass is 9.91. The van der Waals surface area contributed by atoms with E-state index in [0.29, 0.717) is 17.9 Å². The fourth-order valence-corrected chi connectivity index (χ4v) is 2.48. The Balaban J connectivity index is 1.87. The lowest BCUT2D eigenvalue weighted by molar-refractivity contribution is 0.0624. The minimum Gasteiger partial charge on any atom is -0.507 e. The van der Waals surface area contributed by atoms with Crippen molar-refractivity contribution in [2.75, 3.05) is 0 Å². The molecule has 1 aromatic rings. The molecule has 1 aromatic carbocycles. The van der Waals surface area contributed by atoms with Crippen LogP contribution in [0.1, 0.15) is 24.8 Å². The first kappa shape index (κ1) is 10.6. The predicted molar refractivity (Wildman–Crippen MR) is 63.2 cm³/mol. The Morgan fingerprint density at radius 3 is 2.88 bits per heavy atom. The van der Waals surface area contributed by atoms with Gasteiger partial charge >= 0.3 is 0 Å². The molecule has 0 amide bonds. The van der Waals surface area contributed by atoms with Crippen LogP contribution in [0, 0.1) is 0 Å². The number of aliphatic hydroxyl groups excluding tert-OH is 1. The number of fused-ring (bicyclic) bond motifs is 1. The van der Waals surface area contributed by atoms with Crippen LogP contribution in [-0.2, 0) is 4.74 Å². The van der Waals surface area contributed by atoms with Gasteiger partial charge < -0.3 is 14.9 Å². The molecule has 1 heterocycles. The van der Waals surface area contributed by atoms with Crippen molar-refractivity contribution in [1.29, 1.82) is 0 Å². The Morgan fingerprint density at radius 1 is 1.24 bits per heavy atom. The highest BCUT2D eigenvalue weighted by Gasteiger charge is 2.37. The zero-order valence-electron chi connectivity index (χ0n) is 9.41. The van der Waals surface area contributed by atoms with Crippen LogP contribution in [0.5, 0.6) is 5.75 Å². The van der Waals surface area contributed by atoms with Crippen molar-refractivity contribution >= 4 is 5.90 Å². The zero-order chi connectivity index (χ0) is 11.8. The van der Waals surface area contributed by atoms with Gasteiger partial charge in [-0.15, -0.1) is 0 Å². The van der Waals surface area contributed by atoms with E-state index in [1.165, 1.54) is 0 Å². The maximum absolute atomic E-state index is 9.75. The van der Waals surface area contributed by atoms with Crippen LogP contribution in [-0.4, -0.2) is 34.4 Å². The number of ether oxygens (including phenoxy) is 1. The van der Waals surface area contributed by atoms with Gasteiger partial charge in [0.2, 0.25) is 5.90 Å². The molecule has 1 aliphatic carbocycles. The summed E-state index contributed by atoms with van der Waals surface area (Å²) >= 11 is 0. The van der Waals surface area contributed by atoms with Crippen LogP contribution in [0.2, 0.25) is 0 Å². The van der Waals surface area contributed by atoms with Gasteiger partial charge in [0, 0.05) is 0 Å². The summed E-state index contributed by atoms with van der Waals surface area (Å²) in [5, 5.41) is 19.3. The molecule has 3 rings (SSSR count). The summed E-state index contributed by atoms with van der Waals surface area (Å²) in [6, 6.07) is 7.07. The number of aromatic hydroxyl groups is 1. The summed E-state index contributed by atoms with van der Waals surface area (Å²) in [6.45, 7) is 0. The maximum Gasteiger partial charge on any atom is 0.220 e. The van der Waals surface area contributed by atoms with Crippen molar-refractivity contribution in [1.82, 2.24) is 0 Å². The molecule has 1 aliphatic heterocycles. The molecule has 4 heteroatoms. The molecule has 0 spiro atoms. The third kappa shape index (κ3) is 1.89. The summed E-state index contributed by atoms with van der Waals surface area (Å²) in [4.78, 5) is 4.47. The van der Waals surface area contributed by atoms with Crippen molar-refractivity contribution in [3.63, 3.8) is 0 Å². The number of aliphatic hydroxyl groups is 1. The molecule has 4 nitrogen and oxygen atoms in total. The second kappa shape index (κ2) is 4.04. The zero-order valence-corrected chi connectivity index (χ0v) is 9.41. The van der Waals surface area contributed by atoms with Crippen molar-refractivity contribution in [3.05, 3.63) is 29.8 Å². The molecule has 0 bridgehead atoms. The van der Waals surface area contributed by atoms with E-state index in [1.807, 2.05) is 6.07 Å². The van der Waals surface area contributed by atoms with Crippen LogP contribution in [0.4, 0.5) is 0 Å². The van der Waals surface area contributed by atoms with E-state index in [1.54, 1.807) is 18.2 Å².